The average Bonchev–Trinajstić information content (AvgIpc) is 1.25. The van der Waals surface area contributed by atoms with Crippen LogP contribution in [-0.2, 0) is 0 Å². The van der Waals surface area contributed by atoms with E-state index in [4.69, 9.17) is 15.7 Å². The molecule has 558 valence electrons. The molecule has 12 nitrogen and oxygen atoms in total. The third-order valence-electron chi connectivity index (χ3n) is 24.5. The molecule has 0 bridgehead atoms. The smallest absolute Gasteiger partial charge is 0.278 e. The van der Waals surface area contributed by atoms with Crippen molar-refractivity contribution in [3.05, 3.63) is 128 Å². The Morgan fingerprint density at radius 3 is 0.953 bits per heavy atom. The first-order valence-corrected chi connectivity index (χ1v) is 42.6. The van der Waals surface area contributed by atoms with Gasteiger partial charge in [-0.25, -0.2) is 9.97 Å². The molecule has 0 saturated heterocycles. The number of pyridine rings is 2. The number of rotatable bonds is 47. The Balaban J connectivity index is 0.799. The Bertz CT molecular complexity index is 5370. The fraction of sp³-hybridized carbons (Fsp3) is 0.511. The topological polar surface area (TPSA) is 144 Å². The van der Waals surface area contributed by atoms with Crippen LogP contribution in [0.4, 0.5) is 22.7 Å². The van der Waals surface area contributed by atoms with Gasteiger partial charge in [0.1, 0.15) is 11.3 Å². The molecule has 4 aromatic heterocycles. The van der Waals surface area contributed by atoms with Gasteiger partial charge >= 0.3 is 0 Å². The van der Waals surface area contributed by atoms with Gasteiger partial charge in [-0.2, -0.15) is 0 Å². The number of fused-ring (bicyclic) bond motifs is 12. The summed E-state index contributed by atoms with van der Waals surface area (Å²) in [6, 6.07) is 33.1. The van der Waals surface area contributed by atoms with Crippen LogP contribution in [-0.4, -0.2) is 49.9 Å². The lowest BCUT2D eigenvalue weighted by molar-refractivity contribution is -0.382. The molecular formula is C94H118N8O4. The number of non-ortho nitro benzene ring substituents is 1. The van der Waals surface area contributed by atoms with Gasteiger partial charge < -0.3 is 15.5 Å². The summed E-state index contributed by atoms with van der Waals surface area (Å²) in [5.74, 6) is 0. The summed E-state index contributed by atoms with van der Waals surface area (Å²) in [6.07, 6.45) is 51.9. The van der Waals surface area contributed by atoms with Crippen LogP contribution in [0.2, 0.25) is 0 Å². The molecule has 0 fully saturated rings. The average molecular weight is 1420 g/mol. The van der Waals surface area contributed by atoms with Gasteiger partial charge in [-0.05, 0) is 123 Å². The summed E-state index contributed by atoms with van der Waals surface area (Å²) in [6.45, 7) is 13.1. The lowest BCUT2D eigenvalue weighted by Gasteiger charge is -2.25. The van der Waals surface area contributed by atoms with Crippen molar-refractivity contribution in [2.75, 3.05) is 41.7 Å². The Hall–Kier alpha value is -8.38. The summed E-state index contributed by atoms with van der Waals surface area (Å²) in [7, 11) is 0. The number of nitro benzene ring substituents is 1. The summed E-state index contributed by atoms with van der Waals surface area (Å²) in [5, 5.41) is 28.2. The maximum absolute atomic E-state index is 15.3. The maximum atomic E-state index is 15.3. The van der Waals surface area contributed by atoms with E-state index in [0.717, 1.165) is 139 Å². The number of anilines is 3. The van der Waals surface area contributed by atoms with Gasteiger partial charge in [-0.1, -0.05) is 295 Å². The van der Waals surface area contributed by atoms with Crippen molar-refractivity contribution in [1.82, 2.24) is 18.8 Å². The van der Waals surface area contributed by atoms with E-state index < -0.39 is 0 Å². The van der Waals surface area contributed by atoms with E-state index in [2.05, 4.69) is 98.2 Å². The van der Waals surface area contributed by atoms with Crippen molar-refractivity contribution < 1.29 is 4.92 Å². The normalized spacial score (nSPS) is 12.5. The second kappa shape index (κ2) is 35.1. The van der Waals surface area contributed by atoms with Crippen LogP contribution >= 0.6 is 0 Å². The number of nitrogens with zero attached hydrogens (tertiary/aromatic N) is 7. The minimum atomic E-state index is -0.252. The molecule has 4 heterocycles. The number of benzene rings is 10. The quantitative estimate of drug-likeness (QED) is 0.00984. The van der Waals surface area contributed by atoms with Crippen molar-refractivity contribution in [3.63, 3.8) is 0 Å². The molecule has 2 N–H and O–H groups in total. The summed E-state index contributed by atoms with van der Waals surface area (Å²) in [5.41, 5.74) is 14.0. The van der Waals surface area contributed by atoms with Crippen LogP contribution in [0, 0.1) is 10.1 Å². The molecular weight excluding hydrogens is 1310 g/mol. The SMILES string of the molecule is CCCCCCCCCCCCN(CCCCCCCCCCCC)c1ccc2c(c1)nc1c3cc(N)c4c5ccc6c7ccc8c(=O)n9c%10ccc(N(CCCCCCCCCCCC)CCCCCCCCCCCC)cc%10nc9c9cc([N+](=O)[O-])c(c%10ccc(c%11ccc(c(=O)n21)c3c%114)c5c6%10)c7c89. The van der Waals surface area contributed by atoms with Gasteiger partial charge in [0, 0.05) is 97.8 Å². The Kier molecular flexibility index (Phi) is 24.7. The molecule has 0 amide bonds. The minimum Gasteiger partial charge on any atom is -0.398 e. The van der Waals surface area contributed by atoms with Crippen molar-refractivity contribution in [1.29, 1.82) is 0 Å². The van der Waals surface area contributed by atoms with E-state index >= 15 is 9.59 Å². The molecule has 0 atom stereocenters. The summed E-state index contributed by atoms with van der Waals surface area (Å²) >= 11 is 0. The van der Waals surface area contributed by atoms with Crippen LogP contribution < -0.4 is 26.7 Å². The predicted octanol–water partition coefficient (Wildman–Crippen LogP) is 26.9. The van der Waals surface area contributed by atoms with Crippen LogP contribution in [0.15, 0.2) is 107 Å². The van der Waals surface area contributed by atoms with E-state index in [0.29, 0.717) is 60.3 Å². The number of unbranched alkanes of at least 4 members (excludes halogenated alkanes) is 36. The number of nitro groups is 1. The molecule has 0 aliphatic carbocycles. The largest absolute Gasteiger partial charge is 0.398 e. The summed E-state index contributed by atoms with van der Waals surface area (Å²) < 4.78 is 3.51. The molecule has 0 saturated carbocycles. The highest BCUT2D eigenvalue weighted by Crippen LogP contribution is 2.53. The van der Waals surface area contributed by atoms with Gasteiger partial charge in [0.25, 0.3) is 16.8 Å². The second-order valence-electron chi connectivity index (χ2n) is 32.1. The molecule has 12 heteroatoms. The van der Waals surface area contributed by atoms with E-state index in [9.17, 15) is 10.1 Å². The molecule has 0 radical (unpaired) electrons. The van der Waals surface area contributed by atoms with E-state index in [1.165, 1.54) is 231 Å². The third-order valence-corrected chi connectivity index (χ3v) is 24.5. The van der Waals surface area contributed by atoms with Gasteiger partial charge in [-0.15, -0.1) is 0 Å². The molecule has 0 unspecified atom stereocenters. The zero-order valence-corrected chi connectivity index (χ0v) is 64.7. The monoisotopic (exact) mass is 1420 g/mol. The predicted molar refractivity (Wildman–Crippen MR) is 457 cm³/mol. The molecule has 0 spiro atoms. The molecule has 14 rings (SSSR count). The van der Waals surface area contributed by atoms with Crippen LogP contribution in [0.3, 0.4) is 0 Å². The van der Waals surface area contributed by atoms with Crippen molar-refractivity contribution >= 4 is 153 Å². The Morgan fingerprint density at radius 1 is 0.321 bits per heavy atom. The van der Waals surface area contributed by atoms with Gasteiger partial charge in [-0.3, -0.25) is 28.5 Å². The van der Waals surface area contributed by atoms with Crippen molar-refractivity contribution in [2.24, 2.45) is 0 Å². The van der Waals surface area contributed by atoms with Crippen LogP contribution in [0.5, 0.6) is 0 Å². The number of imidazole rings is 2. The third kappa shape index (κ3) is 15.2. The first-order valence-electron chi connectivity index (χ1n) is 42.6. The van der Waals surface area contributed by atoms with Crippen molar-refractivity contribution in [2.45, 2.75) is 285 Å². The number of nitrogen functional groups attached to an aromatic ring is 1. The second-order valence-corrected chi connectivity index (χ2v) is 32.1. The summed E-state index contributed by atoms with van der Waals surface area (Å²) in [4.78, 5) is 60.2. The molecule has 106 heavy (non-hydrogen) atoms. The zero-order valence-electron chi connectivity index (χ0n) is 64.7. The highest BCUT2D eigenvalue weighted by atomic mass is 16.6. The minimum absolute atomic E-state index is 0.0290. The van der Waals surface area contributed by atoms with Gasteiger partial charge in [0.05, 0.1) is 32.4 Å². The standard InChI is InChI=1S/C94H118N8O4/c1-5-9-13-17-21-25-29-33-37-41-57-98(58-42-38-34-30-26-22-18-14-10-6-2)65-45-55-80-78(61-65)96-91-75-63-77(95)87-71-51-47-68-70-50-54-74-86-76(64-82(102(105)106)88(90(70)86)72-52-48-67(83(71)84(68)72)69-49-53-73(85(75)89(69)87)93(103)100(80)91)92-97-79-62-66(46-56-81(79)101(92)94(74)104)99(59-43-39-35-31-27-23-19-15-11-7-3)60-44-40-36-32-28-24-20-16-12-8-4/h45-56,61-64H,5-44,57-60,95H2,1-4H3. The Labute approximate surface area is 627 Å². The highest BCUT2D eigenvalue weighted by molar-refractivity contribution is 6.47. The maximum Gasteiger partial charge on any atom is 0.278 e. The first kappa shape index (κ1) is 74.5. The lowest BCUT2D eigenvalue weighted by Crippen LogP contribution is -2.25. The number of hydrogen-bond acceptors (Lipinski definition) is 9. The molecule has 0 aliphatic heterocycles. The fourth-order valence-electron chi connectivity index (χ4n) is 18.8. The highest BCUT2D eigenvalue weighted by Gasteiger charge is 2.30. The number of hydrogen-bond donors (Lipinski definition) is 1. The Morgan fingerprint density at radius 2 is 0.604 bits per heavy atom. The first-order chi connectivity index (χ1) is 52.1. The fourth-order valence-corrected chi connectivity index (χ4v) is 18.8. The molecule has 14 aromatic rings. The van der Waals surface area contributed by atoms with E-state index in [1.807, 2.05) is 34.7 Å². The number of aromatic nitrogens is 4. The van der Waals surface area contributed by atoms with E-state index in [1.54, 1.807) is 10.5 Å². The molecule has 0 aliphatic rings. The number of nitrogens with two attached hydrogens (primary N) is 1. The van der Waals surface area contributed by atoms with Crippen molar-refractivity contribution in [3.8, 4) is 0 Å². The van der Waals surface area contributed by atoms with Crippen LogP contribution in [0.1, 0.15) is 285 Å². The van der Waals surface area contributed by atoms with Gasteiger partial charge in [0.2, 0.25) is 0 Å². The van der Waals surface area contributed by atoms with Gasteiger partial charge in [0.15, 0.2) is 0 Å². The molecule has 10 aromatic carbocycles. The van der Waals surface area contributed by atoms with E-state index in [-0.39, 0.29) is 21.7 Å². The zero-order chi connectivity index (χ0) is 73.0. The van der Waals surface area contributed by atoms with Crippen LogP contribution in [0.25, 0.3) is 130 Å². The lowest BCUT2D eigenvalue weighted by atomic mass is 9.82.